The number of halogens is 1. The Morgan fingerprint density at radius 2 is 1.85 bits per heavy atom. The van der Waals surface area contributed by atoms with Gasteiger partial charge in [-0.05, 0) is 37.3 Å². The monoisotopic (exact) mass is 386 g/mol. The Morgan fingerprint density at radius 3 is 2.48 bits per heavy atom. The molecule has 1 aromatic heterocycles. The lowest BCUT2D eigenvalue weighted by Gasteiger charge is -2.13. The first-order valence-electron chi connectivity index (χ1n) is 8.29. The molecular weight excluding hydrogens is 368 g/mol. The fourth-order valence-electron chi connectivity index (χ4n) is 2.64. The molecule has 2 aromatic carbocycles. The summed E-state index contributed by atoms with van der Waals surface area (Å²) in [5.74, 6) is -1.10. The zero-order chi connectivity index (χ0) is 19.6. The lowest BCUT2D eigenvalue weighted by atomic mass is 10.1. The second-order valence-corrected chi connectivity index (χ2v) is 6.65. The fraction of sp³-hybridized carbons (Fsp3) is 0.200. The summed E-state index contributed by atoms with van der Waals surface area (Å²) in [5, 5.41) is 3.83. The summed E-state index contributed by atoms with van der Waals surface area (Å²) < 4.78 is 10.6. The molecule has 140 valence electrons. The van der Waals surface area contributed by atoms with Gasteiger partial charge in [0.15, 0.2) is 12.2 Å². The zero-order valence-electron chi connectivity index (χ0n) is 15.2. The van der Waals surface area contributed by atoms with Crippen LogP contribution in [0, 0.1) is 6.92 Å². The van der Waals surface area contributed by atoms with Crippen LogP contribution in [-0.4, -0.2) is 32.6 Å². The predicted octanol–water partition coefficient (Wildman–Crippen LogP) is 4.26. The van der Waals surface area contributed by atoms with Crippen molar-refractivity contribution in [2.75, 3.05) is 30.9 Å². The van der Waals surface area contributed by atoms with Gasteiger partial charge in [-0.3, -0.25) is 4.79 Å². The second-order valence-electron chi connectivity index (χ2n) is 6.24. The molecule has 0 aliphatic heterocycles. The number of amides is 1. The summed E-state index contributed by atoms with van der Waals surface area (Å²) in [6.45, 7) is 1.32. The third-order valence-corrected chi connectivity index (χ3v) is 4.40. The largest absolute Gasteiger partial charge is 0.450 e. The Balaban J connectivity index is 1.63. The number of fused-ring (bicyclic) bond motifs is 1. The molecule has 27 heavy (non-hydrogen) atoms. The van der Waals surface area contributed by atoms with E-state index < -0.39 is 18.5 Å². The minimum atomic E-state index is -0.710. The average molecular weight is 387 g/mol. The van der Waals surface area contributed by atoms with Crippen molar-refractivity contribution in [1.82, 2.24) is 0 Å². The number of nitrogens with zero attached hydrogens (tertiary/aromatic N) is 1. The number of aryl methyl sites for hydroxylation is 1. The second kappa shape index (κ2) is 7.72. The van der Waals surface area contributed by atoms with Crippen LogP contribution in [0.2, 0.25) is 5.02 Å². The van der Waals surface area contributed by atoms with Crippen LogP contribution in [0.4, 0.5) is 11.4 Å². The molecule has 0 radical (unpaired) electrons. The van der Waals surface area contributed by atoms with Crippen molar-refractivity contribution in [3.63, 3.8) is 0 Å². The van der Waals surface area contributed by atoms with E-state index in [9.17, 15) is 9.59 Å². The van der Waals surface area contributed by atoms with E-state index in [2.05, 4.69) is 5.32 Å². The number of rotatable bonds is 5. The molecule has 1 amide bonds. The number of nitrogens with one attached hydrogen (secondary N) is 1. The van der Waals surface area contributed by atoms with E-state index in [1.165, 1.54) is 0 Å². The number of esters is 1. The molecule has 0 bridgehead atoms. The maximum atomic E-state index is 12.3. The number of hydrogen-bond acceptors (Lipinski definition) is 5. The predicted molar refractivity (Wildman–Crippen MR) is 106 cm³/mol. The molecule has 7 heteroatoms. The topological polar surface area (TPSA) is 71.8 Å². The van der Waals surface area contributed by atoms with Crippen LogP contribution in [0.5, 0.6) is 0 Å². The minimum absolute atomic E-state index is 0.0428. The number of carbonyl (C=O) groups excluding carboxylic acids is 2. The van der Waals surface area contributed by atoms with E-state index in [0.717, 1.165) is 11.1 Å². The third kappa shape index (κ3) is 4.06. The Bertz CT molecular complexity index is 993. The van der Waals surface area contributed by atoms with Gasteiger partial charge in [0, 0.05) is 36.4 Å². The zero-order valence-corrected chi connectivity index (χ0v) is 16.0. The highest BCUT2D eigenvalue weighted by molar-refractivity contribution is 6.35. The van der Waals surface area contributed by atoms with Crippen LogP contribution in [0.3, 0.4) is 0 Å². The molecular formula is C20H19ClN2O4. The van der Waals surface area contributed by atoms with Crippen LogP contribution >= 0.6 is 11.6 Å². The molecule has 0 unspecified atom stereocenters. The summed E-state index contributed by atoms with van der Waals surface area (Å²) >= 11 is 6.08. The highest BCUT2D eigenvalue weighted by Gasteiger charge is 2.21. The summed E-state index contributed by atoms with van der Waals surface area (Å²) in [4.78, 5) is 26.3. The Labute approximate surface area is 161 Å². The van der Waals surface area contributed by atoms with Crippen molar-refractivity contribution in [1.29, 1.82) is 0 Å². The molecule has 0 aliphatic rings. The lowest BCUT2D eigenvalue weighted by molar-refractivity contribution is -0.119. The molecule has 0 saturated carbocycles. The molecule has 3 rings (SSSR count). The Kier molecular flexibility index (Phi) is 5.37. The maximum Gasteiger partial charge on any atom is 0.375 e. The third-order valence-electron chi connectivity index (χ3n) is 4.10. The highest BCUT2D eigenvalue weighted by atomic mass is 35.5. The van der Waals surface area contributed by atoms with Gasteiger partial charge < -0.3 is 19.4 Å². The standard InChI is InChI=1S/C20H19ClN2O4/c1-12-15-5-4-6-16(21)19(15)27-18(12)20(25)26-11-17(24)22-13-7-9-14(10-8-13)23(2)3/h4-10H,11H2,1-3H3,(H,22,24). The van der Waals surface area contributed by atoms with Crippen LogP contribution in [0.1, 0.15) is 16.1 Å². The summed E-state index contributed by atoms with van der Waals surface area (Å²) in [6, 6.07) is 12.6. The molecule has 0 fully saturated rings. The van der Waals surface area contributed by atoms with E-state index >= 15 is 0 Å². The molecule has 0 spiro atoms. The Morgan fingerprint density at radius 1 is 1.15 bits per heavy atom. The van der Waals surface area contributed by atoms with E-state index in [-0.39, 0.29) is 5.76 Å². The van der Waals surface area contributed by atoms with Crippen LogP contribution in [0.15, 0.2) is 46.9 Å². The normalized spacial score (nSPS) is 10.7. The summed E-state index contributed by atoms with van der Waals surface area (Å²) in [5.41, 5.74) is 2.68. The first-order valence-corrected chi connectivity index (χ1v) is 8.66. The van der Waals surface area contributed by atoms with Crippen LogP contribution in [-0.2, 0) is 9.53 Å². The van der Waals surface area contributed by atoms with Gasteiger partial charge in [0.2, 0.25) is 5.76 Å². The number of carbonyl (C=O) groups is 2. The number of benzene rings is 2. The molecule has 0 atom stereocenters. The van der Waals surface area contributed by atoms with Crippen molar-refractivity contribution >= 4 is 45.8 Å². The Hall–Kier alpha value is -2.99. The number of anilines is 2. The number of ether oxygens (including phenoxy) is 1. The maximum absolute atomic E-state index is 12.3. The lowest BCUT2D eigenvalue weighted by Crippen LogP contribution is -2.21. The molecule has 6 nitrogen and oxygen atoms in total. The molecule has 1 heterocycles. The van der Waals surface area contributed by atoms with E-state index in [1.807, 2.05) is 31.1 Å². The van der Waals surface area contributed by atoms with Crippen molar-refractivity contribution < 1.29 is 18.7 Å². The summed E-state index contributed by atoms with van der Waals surface area (Å²) in [6.07, 6.45) is 0. The highest BCUT2D eigenvalue weighted by Crippen LogP contribution is 2.31. The van der Waals surface area contributed by atoms with Gasteiger partial charge in [0.1, 0.15) is 0 Å². The number of furan rings is 1. The van der Waals surface area contributed by atoms with E-state index in [4.69, 9.17) is 20.8 Å². The van der Waals surface area contributed by atoms with E-state index in [0.29, 0.717) is 21.9 Å². The van der Waals surface area contributed by atoms with Gasteiger partial charge in [0.05, 0.1) is 5.02 Å². The van der Waals surface area contributed by atoms with E-state index in [1.54, 1.807) is 37.3 Å². The quantitative estimate of drug-likeness (QED) is 0.663. The SMILES string of the molecule is Cc1c(C(=O)OCC(=O)Nc2ccc(N(C)C)cc2)oc2c(Cl)cccc12. The van der Waals surface area contributed by atoms with Crippen molar-refractivity contribution in [3.8, 4) is 0 Å². The first kappa shape index (κ1) is 18.8. The fourth-order valence-corrected chi connectivity index (χ4v) is 2.85. The van der Waals surface area contributed by atoms with Gasteiger partial charge in [-0.15, -0.1) is 0 Å². The van der Waals surface area contributed by atoms with Gasteiger partial charge in [-0.2, -0.15) is 0 Å². The first-order chi connectivity index (χ1) is 12.9. The smallest absolute Gasteiger partial charge is 0.375 e. The number of para-hydroxylation sites is 1. The molecule has 0 saturated heterocycles. The average Bonchev–Trinajstić information content (AvgIpc) is 2.98. The van der Waals surface area contributed by atoms with Gasteiger partial charge in [-0.25, -0.2) is 4.79 Å². The molecule has 1 N–H and O–H groups in total. The van der Waals surface area contributed by atoms with Crippen LogP contribution < -0.4 is 10.2 Å². The number of hydrogen-bond donors (Lipinski definition) is 1. The summed E-state index contributed by atoms with van der Waals surface area (Å²) in [7, 11) is 3.86. The van der Waals surface area contributed by atoms with Gasteiger partial charge >= 0.3 is 5.97 Å². The van der Waals surface area contributed by atoms with Gasteiger partial charge in [0.25, 0.3) is 5.91 Å². The van der Waals surface area contributed by atoms with Crippen LogP contribution in [0.25, 0.3) is 11.0 Å². The molecule has 3 aromatic rings. The van der Waals surface area contributed by atoms with Crippen molar-refractivity contribution in [2.24, 2.45) is 0 Å². The van der Waals surface area contributed by atoms with Crippen molar-refractivity contribution in [2.45, 2.75) is 6.92 Å². The minimum Gasteiger partial charge on any atom is -0.450 e. The van der Waals surface area contributed by atoms with Crippen molar-refractivity contribution in [3.05, 3.63) is 58.8 Å². The molecule has 0 aliphatic carbocycles. The van der Waals surface area contributed by atoms with Gasteiger partial charge in [-0.1, -0.05) is 23.7 Å².